The average molecular weight is 387 g/mol. The Morgan fingerprint density at radius 1 is 1.27 bits per heavy atom. The summed E-state index contributed by atoms with van der Waals surface area (Å²) in [6, 6.07) is 0.253. The Labute approximate surface area is 161 Å². The van der Waals surface area contributed by atoms with Gasteiger partial charge in [0.15, 0.2) is 0 Å². The van der Waals surface area contributed by atoms with E-state index >= 15 is 0 Å². The van der Waals surface area contributed by atoms with Gasteiger partial charge >= 0.3 is 0 Å². The monoisotopic (exact) mass is 386 g/mol. The SMILES string of the molecule is CC(C)[C@H]1CN(CCCn2cnnn2)C[C@@H]1NC(=O)C1CCOCC1.Cl. The maximum absolute atomic E-state index is 12.6. The molecule has 1 aromatic heterocycles. The molecule has 148 valence electrons. The summed E-state index contributed by atoms with van der Waals surface area (Å²) in [5.74, 6) is 1.41. The standard InChI is InChI=1S/C17H30N6O2.ClH/c1-13(2)15-10-22(6-3-7-23-12-18-20-21-23)11-16(15)19-17(24)14-4-8-25-9-5-14;/h12-16H,3-11H2,1-2H3,(H,19,24);1H/t15-,16+;/m1./s1. The van der Waals surface area contributed by atoms with Crippen LogP contribution in [0.25, 0.3) is 0 Å². The number of nitrogens with one attached hydrogen (secondary N) is 1. The average Bonchev–Trinajstić information content (AvgIpc) is 3.26. The summed E-state index contributed by atoms with van der Waals surface area (Å²) in [6.07, 6.45) is 4.36. The highest BCUT2D eigenvalue weighted by atomic mass is 35.5. The van der Waals surface area contributed by atoms with Gasteiger partial charge < -0.3 is 15.0 Å². The zero-order valence-electron chi connectivity index (χ0n) is 15.7. The van der Waals surface area contributed by atoms with E-state index in [4.69, 9.17) is 4.74 Å². The van der Waals surface area contributed by atoms with Crippen molar-refractivity contribution in [2.75, 3.05) is 32.8 Å². The minimum Gasteiger partial charge on any atom is -0.381 e. The molecule has 0 unspecified atom stereocenters. The zero-order valence-corrected chi connectivity index (χ0v) is 16.5. The lowest BCUT2D eigenvalue weighted by molar-refractivity contribution is -0.128. The number of carbonyl (C=O) groups excluding carboxylic acids is 1. The lowest BCUT2D eigenvalue weighted by Gasteiger charge is -2.27. The first-order valence-electron chi connectivity index (χ1n) is 9.44. The number of rotatable bonds is 7. The molecule has 9 heteroatoms. The van der Waals surface area contributed by atoms with Gasteiger partial charge in [0.1, 0.15) is 6.33 Å². The van der Waals surface area contributed by atoms with Crippen molar-refractivity contribution in [3.8, 4) is 0 Å². The molecule has 0 saturated carbocycles. The van der Waals surface area contributed by atoms with E-state index in [1.54, 1.807) is 11.0 Å². The molecular weight excluding hydrogens is 356 g/mol. The molecule has 1 aromatic rings. The Bertz CT molecular complexity index is 535. The van der Waals surface area contributed by atoms with Crippen LogP contribution in [0.4, 0.5) is 0 Å². The van der Waals surface area contributed by atoms with Gasteiger partial charge in [-0.25, -0.2) is 4.68 Å². The summed E-state index contributed by atoms with van der Waals surface area (Å²) in [7, 11) is 0. The summed E-state index contributed by atoms with van der Waals surface area (Å²) in [4.78, 5) is 15.0. The second-order valence-electron chi connectivity index (χ2n) is 7.60. The molecule has 2 aliphatic rings. The number of hydrogen-bond acceptors (Lipinski definition) is 6. The van der Waals surface area contributed by atoms with Gasteiger partial charge in [-0.05, 0) is 48.1 Å². The van der Waals surface area contributed by atoms with Crippen LogP contribution in [0.1, 0.15) is 33.1 Å². The number of aryl methyl sites for hydroxylation is 1. The molecule has 8 nitrogen and oxygen atoms in total. The molecule has 0 radical (unpaired) electrons. The quantitative estimate of drug-likeness (QED) is 0.752. The molecule has 1 amide bonds. The van der Waals surface area contributed by atoms with Crippen molar-refractivity contribution in [3.63, 3.8) is 0 Å². The van der Waals surface area contributed by atoms with Gasteiger partial charge in [0.25, 0.3) is 0 Å². The number of ether oxygens (including phenoxy) is 1. The molecule has 26 heavy (non-hydrogen) atoms. The van der Waals surface area contributed by atoms with Crippen LogP contribution in [0.5, 0.6) is 0 Å². The number of nitrogens with zero attached hydrogens (tertiary/aromatic N) is 5. The molecule has 2 fully saturated rings. The first kappa shape index (κ1) is 21.1. The highest BCUT2D eigenvalue weighted by Crippen LogP contribution is 2.25. The van der Waals surface area contributed by atoms with E-state index in [9.17, 15) is 4.79 Å². The van der Waals surface area contributed by atoms with Gasteiger partial charge in [-0.1, -0.05) is 13.8 Å². The first-order valence-corrected chi connectivity index (χ1v) is 9.44. The molecule has 3 rings (SSSR count). The molecule has 2 saturated heterocycles. The Morgan fingerprint density at radius 2 is 2.04 bits per heavy atom. The number of carbonyl (C=O) groups is 1. The molecule has 0 bridgehead atoms. The lowest BCUT2D eigenvalue weighted by Crippen LogP contribution is -2.45. The second-order valence-corrected chi connectivity index (χ2v) is 7.60. The largest absolute Gasteiger partial charge is 0.381 e. The topological polar surface area (TPSA) is 85.2 Å². The number of hydrogen-bond donors (Lipinski definition) is 1. The highest BCUT2D eigenvalue weighted by Gasteiger charge is 2.36. The lowest BCUT2D eigenvalue weighted by atomic mass is 9.90. The molecule has 2 aliphatic heterocycles. The molecule has 0 spiro atoms. The van der Waals surface area contributed by atoms with Crippen LogP contribution >= 0.6 is 12.4 Å². The molecule has 3 heterocycles. The minimum absolute atomic E-state index is 0. The summed E-state index contributed by atoms with van der Waals surface area (Å²) in [5.41, 5.74) is 0. The van der Waals surface area contributed by atoms with Crippen LogP contribution in [-0.4, -0.2) is 69.9 Å². The predicted octanol–water partition coefficient (Wildman–Crippen LogP) is 0.984. The Kier molecular flexibility index (Phi) is 8.24. The van der Waals surface area contributed by atoms with Gasteiger partial charge in [-0.15, -0.1) is 17.5 Å². The molecule has 2 atom stereocenters. The third-order valence-corrected chi connectivity index (χ3v) is 5.47. The predicted molar refractivity (Wildman–Crippen MR) is 99.9 cm³/mol. The van der Waals surface area contributed by atoms with Gasteiger partial charge in [0.05, 0.1) is 0 Å². The molecule has 0 aromatic carbocycles. The van der Waals surface area contributed by atoms with Crippen molar-refractivity contribution < 1.29 is 9.53 Å². The van der Waals surface area contributed by atoms with E-state index in [0.717, 1.165) is 45.4 Å². The van der Waals surface area contributed by atoms with Gasteiger partial charge in [-0.2, -0.15) is 0 Å². The van der Waals surface area contributed by atoms with Crippen LogP contribution in [0.15, 0.2) is 6.33 Å². The minimum atomic E-state index is 0. The Morgan fingerprint density at radius 3 is 2.69 bits per heavy atom. The fourth-order valence-corrected chi connectivity index (χ4v) is 3.92. The van der Waals surface area contributed by atoms with Gasteiger partial charge in [0, 0.05) is 44.8 Å². The van der Waals surface area contributed by atoms with Crippen molar-refractivity contribution in [3.05, 3.63) is 6.33 Å². The zero-order chi connectivity index (χ0) is 17.6. The number of amides is 1. The van der Waals surface area contributed by atoms with Crippen LogP contribution in [0, 0.1) is 17.8 Å². The van der Waals surface area contributed by atoms with E-state index in [1.807, 2.05) is 0 Å². The second kappa shape index (κ2) is 10.2. The molecular formula is C17H31ClN6O2. The fraction of sp³-hybridized carbons (Fsp3) is 0.882. The third kappa shape index (κ3) is 5.62. The first-order chi connectivity index (χ1) is 12.1. The smallest absolute Gasteiger partial charge is 0.223 e. The van der Waals surface area contributed by atoms with E-state index in [-0.39, 0.29) is 30.3 Å². The summed E-state index contributed by atoms with van der Waals surface area (Å²) in [5, 5.41) is 14.6. The normalized spacial score (nSPS) is 24.6. The number of tetrazole rings is 1. The molecule has 1 N–H and O–H groups in total. The summed E-state index contributed by atoms with van der Waals surface area (Å²) in [6.45, 7) is 9.74. The van der Waals surface area contributed by atoms with Crippen molar-refractivity contribution >= 4 is 18.3 Å². The summed E-state index contributed by atoms with van der Waals surface area (Å²) < 4.78 is 7.13. The highest BCUT2D eigenvalue weighted by molar-refractivity contribution is 5.85. The number of likely N-dealkylation sites (tertiary alicyclic amines) is 1. The van der Waals surface area contributed by atoms with Crippen molar-refractivity contribution in [2.24, 2.45) is 17.8 Å². The maximum atomic E-state index is 12.6. The van der Waals surface area contributed by atoms with Gasteiger partial charge in [-0.3, -0.25) is 4.79 Å². The Hall–Kier alpha value is -1.25. The van der Waals surface area contributed by atoms with Crippen molar-refractivity contribution in [1.29, 1.82) is 0 Å². The number of aromatic nitrogens is 4. The van der Waals surface area contributed by atoms with E-state index in [2.05, 4.69) is 39.6 Å². The number of halogens is 1. The van der Waals surface area contributed by atoms with Crippen LogP contribution in [0.2, 0.25) is 0 Å². The summed E-state index contributed by atoms with van der Waals surface area (Å²) >= 11 is 0. The molecule has 0 aliphatic carbocycles. The Balaban J connectivity index is 0.00000243. The van der Waals surface area contributed by atoms with E-state index < -0.39 is 0 Å². The van der Waals surface area contributed by atoms with Crippen molar-refractivity contribution in [2.45, 2.75) is 45.7 Å². The fourth-order valence-electron chi connectivity index (χ4n) is 3.92. The van der Waals surface area contributed by atoms with Gasteiger partial charge in [0.2, 0.25) is 5.91 Å². The van der Waals surface area contributed by atoms with Crippen LogP contribution in [-0.2, 0) is 16.1 Å². The third-order valence-electron chi connectivity index (χ3n) is 5.47. The van der Waals surface area contributed by atoms with Crippen LogP contribution < -0.4 is 5.32 Å². The maximum Gasteiger partial charge on any atom is 0.223 e. The van der Waals surface area contributed by atoms with Crippen molar-refractivity contribution in [1.82, 2.24) is 30.4 Å². The van der Waals surface area contributed by atoms with E-state index in [0.29, 0.717) is 25.0 Å². The van der Waals surface area contributed by atoms with Crippen LogP contribution in [0.3, 0.4) is 0 Å². The van der Waals surface area contributed by atoms with E-state index in [1.165, 1.54) is 0 Å².